The molecule has 0 radical (unpaired) electrons. The zero-order valence-electron chi connectivity index (χ0n) is 14.2. The summed E-state index contributed by atoms with van der Waals surface area (Å²) in [5.41, 5.74) is 2.81. The summed E-state index contributed by atoms with van der Waals surface area (Å²) in [4.78, 5) is 23.5. The van der Waals surface area contributed by atoms with E-state index in [4.69, 9.17) is 0 Å². The second kappa shape index (κ2) is 6.24. The highest BCUT2D eigenvalue weighted by molar-refractivity contribution is 5.88. The molecule has 5 rings (SSSR count). The Morgan fingerprint density at radius 3 is 2.48 bits per heavy atom. The number of nitrogens with zero attached hydrogens (tertiary/aromatic N) is 2. The third kappa shape index (κ3) is 3.05. The van der Waals surface area contributed by atoms with Gasteiger partial charge in [0, 0.05) is 6.07 Å². The van der Waals surface area contributed by atoms with Crippen molar-refractivity contribution in [2.75, 3.05) is 0 Å². The number of para-hydroxylation sites is 1. The van der Waals surface area contributed by atoms with Crippen LogP contribution < -0.4 is 5.43 Å². The average molecular weight is 341 g/mol. The zero-order chi connectivity index (χ0) is 17.4. The number of carbonyl (C=O) groups is 1. The number of nitro benzene ring substituents is 1. The molecular formula is C19H23N3O3. The van der Waals surface area contributed by atoms with E-state index in [1.54, 1.807) is 18.2 Å². The molecule has 25 heavy (non-hydrogen) atoms. The van der Waals surface area contributed by atoms with Crippen molar-refractivity contribution in [1.82, 2.24) is 5.43 Å². The van der Waals surface area contributed by atoms with Gasteiger partial charge in [-0.05, 0) is 55.9 Å². The smallest absolute Gasteiger partial charge is 0.273 e. The highest BCUT2D eigenvalue weighted by Gasteiger charge is 2.52. The number of carbonyl (C=O) groups excluding carboxylic acids is 1. The molecule has 4 saturated carbocycles. The Morgan fingerprint density at radius 2 is 1.80 bits per heavy atom. The quantitative estimate of drug-likeness (QED) is 0.515. The van der Waals surface area contributed by atoms with Crippen LogP contribution in [0, 0.1) is 33.3 Å². The number of amides is 1. The Balaban J connectivity index is 1.49. The molecule has 132 valence electrons. The Morgan fingerprint density at radius 1 is 1.16 bits per heavy atom. The molecule has 0 saturated heterocycles. The lowest BCUT2D eigenvalue weighted by molar-refractivity contribution is -0.385. The third-order valence-electron chi connectivity index (χ3n) is 6.34. The molecule has 4 fully saturated rings. The van der Waals surface area contributed by atoms with E-state index in [1.807, 2.05) is 0 Å². The number of nitrogens with one attached hydrogen (secondary N) is 1. The van der Waals surface area contributed by atoms with Crippen molar-refractivity contribution in [3.63, 3.8) is 0 Å². The van der Waals surface area contributed by atoms with Gasteiger partial charge in [-0.2, -0.15) is 5.10 Å². The van der Waals surface area contributed by atoms with Gasteiger partial charge in [-0.25, -0.2) is 5.43 Å². The molecule has 1 amide bonds. The number of nitro groups is 1. The van der Waals surface area contributed by atoms with Crippen molar-refractivity contribution >= 4 is 17.8 Å². The topological polar surface area (TPSA) is 84.6 Å². The normalized spacial score (nSPS) is 33.4. The van der Waals surface area contributed by atoms with Crippen LogP contribution >= 0.6 is 0 Å². The molecule has 2 unspecified atom stereocenters. The maximum absolute atomic E-state index is 12.9. The Kier molecular flexibility index (Phi) is 4.06. The standard InChI is InChI=1S/C19H23N3O3/c23-18(21-20-12-16-3-1-2-4-17(16)22(24)25)19-9-13-5-6-14(10-19)8-15(7-13)11-19/h1-4,12-15H,5-11H2,(H,21,23)/b20-12+. The van der Waals surface area contributed by atoms with E-state index in [9.17, 15) is 14.9 Å². The van der Waals surface area contributed by atoms with Crippen molar-refractivity contribution < 1.29 is 9.72 Å². The van der Waals surface area contributed by atoms with E-state index in [-0.39, 0.29) is 17.0 Å². The fraction of sp³-hybridized carbons (Fsp3) is 0.579. The lowest BCUT2D eigenvalue weighted by Gasteiger charge is -2.46. The monoisotopic (exact) mass is 341 g/mol. The predicted molar refractivity (Wildman–Crippen MR) is 94.1 cm³/mol. The van der Waals surface area contributed by atoms with Gasteiger partial charge in [0.2, 0.25) is 5.91 Å². The van der Waals surface area contributed by atoms with Crippen LogP contribution in [0.2, 0.25) is 0 Å². The SMILES string of the molecule is O=C(N/N=C/c1ccccc1[N+](=O)[O-])C12CC3CCC(CC(C3)C1)C2. The number of benzene rings is 1. The molecule has 0 heterocycles. The molecule has 4 aliphatic carbocycles. The summed E-state index contributed by atoms with van der Waals surface area (Å²) in [5, 5.41) is 15.1. The van der Waals surface area contributed by atoms with Gasteiger partial charge in [-0.3, -0.25) is 14.9 Å². The van der Waals surface area contributed by atoms with Crippen LogP contribution in [0.25, 0.3) is 0 Å². The first-order valence-corrected chi connectivity index (χ1v) is 9.13. The van der Waals surface area contributed by atoms with Gasteiger partial charge in [-0.1, -0.05) is 25.0 Å². The third-order valence-corrected chi connectivity index (χ3v) is 6.34. The molecule has 1 N–H and O–H groups in total. The molecule has 4 aliphatic rings. The molecule has 4 bridgehead atoms. The summed E-state index contributed by atoms with van der Waals surface area (Å²) in [6.07, 6.45) is 9.40. The van der Waals surface area contributed by atoms with Crippen LogP contribution in [0.3, 0.4) is 0 Å². The molecular weight excluding hydrogens is 318 g/mol. The summed E-state index contributed by atoms with van der Waals surface area (Å²) < 4.78 is 0. The molecule has 0 aromatic heterocycles. The van der Waals surface area contributed by atoms with Crippen LogP contribution in [-0.4, -0.2) is 17.0 Å². The molecule has 0 spiro atoms. The molecule has 1 aromatic rings. The van der Waals surface area contributed by atoms with Crippen molar-refractivity contribution in [2.24, 2.45) is 28.3 Å². The van der Waals surface area contributed by atoms with E-state index < -0.39 is 4.92 Å². The Hall–Kier alpha value is -2.24. The van der Waals surface area contributed by atoms with E-state index in [0.717, 1.165) is 19.3 Å². The number of fused-ring (bicyclic) bond motifs is 1. The second-order valence-electron chi connectivity index (χ2n) is 8.05. The van der Waals surface area contributed by atoms with E-state index in [2.05, 4.69) is 10.5 Å². The second-order valence-corrected chi connectivity index (χ2v) is 8.05. The van der Waals surface area contributed by atoms with Gasteiger partial charge < -0.3 is 0 Å². The number of hydrazone groups is 1. The summed E-state index contributed by atoms with van der Waals surface area (Å²) in [6, 6.07) is 6.41. The minimum atomic E-state index is -0.438. The highest BCUT2D eigenvalue weighted by Crippen LogP contribution is 2.57. The van der Waals surface area contributed by atoms with Gasteiger partial charge in [0.05, 0.1) is 22.1 Å². The first kappa shape index (κ1) is 16.2. The van der Waals surface area contributed by atoms with E-state index in [0.29, 0.717) is 23.3 Å². The predicted octanol–water partition coefficient (Wildman–Crippen LogP) is 3.65. The molecule has 6 nitrogen and oxygen atoms in total. The first-order chi connectivity index (χ1) is 12.1. The van der Waals surface area contributed by atoms with Crippen LogP contribution in [0.1, 0.15) is 50.5 Å². The van der Waals surface area contributed by atoms with Crippen molar-refractivity contribution in [3.05, 3.63) is 39.9 Å². The molecule has 6 heteroatoms. The van der Waals surface area contributed by atoms with Gasteiger partial charge >= 0.3 is 0 Å². The van der Waals surface area contributed by atoms with Crippen molar-refractivity contribution in [1.29, 1.82) is 0 Å². The largest absolute Gasteiger partial charge is 0.278 e. The Bertz CT molecular complexity index is 714. The maximum atomic E-state index is 12.9. The Labute approximate surface area is 146 Å². The van der Waals surface area contributed by atoms with Crippen LogP contribution in [0.15, 0.2) is 29.4 Å². The van der Waals surface area contributed by atoms with Crippen molar-refractivity contribution in [2.45, 2.75) is 44.9 Å². The summed E-state index contributed by atoms with van der Waals surface area (Å²) in [6.45, 7) is 0. The fourth-order valence-corrected chi connectivity index (χ4v) is 5.51. The van der Waals surface area contributed by atoms with Gasteiger partial charge in [0.15, 0.2) is 0 Å². The summed E-state index contributed by atoms with van der Waals surface area (Å²) in [7, 11) is 0. The van der Waals surface area contributed by atoms with Gasteiger partial charge in [0.25, 0.3) is 5.69 Å². The average Bonchev–Trinajstić information content (AvgIpc) is 2.81. The van der Waals surface area contributed by atoms with Gasteiger partial charge in [-0.15, -0.1) is 0 Å². The van der Waals surface area contributed by atoms with Crippen LogP contribution in [-0.2, 0) is 4.79 Å². The maximum Gasteiger partial charge on any atom is 0.278 e. The zero-order valence-corrected chi connectivity index (χ0v) is 14.2. The lowest BCUT2D eigenvalue weighted by Crippen LogP contribution is -2.47. The lowest BCUT2D eigenvalue weighted by atomic mass is 9.58. The van der Waals surface area contributed by atoms with E-state index >= 15 is 0 Å². The fourth-order valence-electron chi connectivity index (χ4n) is 5.51. The minimum absolute atomic E-state index is 0.00336. The van der Waals surface area contributed by atoms with Crippen LogP contribution in [0.5, 0.6) is 0 Å². The molecule has 2 atom stereocenters. The first-order valence-electron chi connectivity index (χ1n) is 9.13. The summed E-state index contributed by atoms with van der Waals surface area (Å²) >= 11 is 0. The van der Waals surface area contributed by atoms with Crippen LogP contribution in [0.4, 0.5) is 5.69 Å². The number of rotatable bonds is 4. The highest BCUT2D eigenvalue weighted by atomic mass is 16.6. The number of hydrogen-bond donors (Lipinski definition) is 1. The van der Waals surface area contributed by atoms with Gasteiger partial charge in [0.1, 0.15) is 0 Å². The van der Waals surface area contributed by atoms with E-state index in [1.165, 1.54) is 38.0 Å². The molecule has 0 aliphatic heterocycles. The molecule has 1 aromatic carbocycles. The van der Waals surface area contributed by atoms with Crippen molar-refractivity contribution in [3.8, 4) is 0 Å². The summed E-state index contributed by atoms with van der Waals surface area (Å²) in [5.74, 6) is 2.04. The number of hydrogen-bond acceptors (Lipinski definition) is 4. The minimum Gasteiger partial charge on any atom is -0.273 e.